The zero-order chi connectivity index (χ0) is 14.1. The van der Waals surface area contributed by atoms with Crippen molar-refractivity contribution in [3.05, 3.63) is 17.5 Å². The summed E-state index contributed by atoms with van der Waals surface area (Å²) >= 11 is 0. The van der Waals surface area contributed by atoms with Crippen LogP contribution in [-0.2, 0) is 13.0 Å². The lowest BCUT2D eigenvalue weighted by Gasteiger charge is -2.32. The van der Waals surface area contributed by atoms with E-state index in [1.54, 1.807) is 6.20 Å². The fourth-order valence-corrected chi connectivity index (χ4v) is 3.06. The summed E-state index contributed by atoms with van der Waals surface area (Å²) in [4.78, 5) is 16.9. The highest BCUT2D eigenvalue weighted by molar-refractivity contribution is 5.95. The van der Waals surface area contributed by atoms with E-state index in [-0.39, 0.29) is 43.1 Å². The average molecular weight is 387 g/mol. The Kier molecular flexibility index (Phi) is 9.47. The van der Waals surface area contributed by atoms with Crippen LogP contribution in [0, 0.1) is 5.92 Å². The van der Waals surface area contributed by atoms with Crippen LogP contribution in [0.15, 0.2) is 6.20 Å². The summed E-state index contributed by atoms with van der Waals surface area (Å²) in [6.07, 6.45) is 3.69. The lowest BCUT2D eigenvalue weighted by atomic mass is 9.94. The van der Waals surface area contributed by atoms with E-state index in [0.29, 0.717) is 12.5 Å². The molecule has 2 aliphatic heterocycles. The van der Waals surface area contributed by atoms with Crippen molar-refractivity contribution in [1.29, 1.82) is 0 Å². The van der Waals surface area contributed by atoms with Crippen molar-refractivity contribution >= 4 is 43.1 Å². The monoisotopic (exact) mass is 385 g/mol. The summed E-state index contributed by atoms with van der Waals surface area (Å²) < 4.78 is 1.98. The molecule has 1 aromatic heterocycles. The Bertz CT molecular complexity index is 503. The molecule has 1 saturated heterocycles. The van der Waals surface area contributed by atoms with Crippen LogP contribution in [0.2, 0.25) is 0 Å². The zero-order valence-corrected chi connectivity index (χ0v) is 15.8. The Labute approximate surface area is 156 Å². The van der Waals surface area contributed by atoms with Gasteiger partial charge in [0.1, 0.15) is 0 Å². The molecule has 0 spiro atoms. The van der Waals surface area contributed by atoms with E-state index in [2.05, 4.69) is 17.0 Å². The third-order valence-corrected chi connectivity index (χ3v) is 4.53. The number of piperazine rings is 1. The fourth-order valence-electron chi connectivity index (χ4n) is 3.06. The van der Waals surface area contributed by atoms with Crippen molar-refractivity contribution in [2.75, 3.05) is 39.8 Å². The zero-order valence-electron chi connectivity index (χ0n) is 13.3. The first kappa shape index (κ1) is 22.5. The summed E-state index contributed by atoms with van der Waals surface area (Å²) in [5.41, 5.74) is 7.65. The highest BCUT2D eigenvalue weighted by atomic mass is 35.5. The molecule has 0 aliphatic carbocycles. The molecule has 1 atom stereocenters. The maximum absolute atomic E-state index is 12.7. The van der Waals surface area contributed by atoms with Crippen LogP contribution >= 0.6 is 37.2 Å². The quantitative estimate of drug-likeness (QED) is 0.825. The number of carbonyl (C=O) groups is 1. The number of aromatic nitrogens is 2. The van der Waals surface area contributed by atoms with Gasteiger partial charge in [-0.1, -0.05) is 0 Å². The standard InChI is InChI=1S/C14H23N5O.3ClH/c1-17-4-6-18(7-5-17)14(20)12-10-16-19-3-2-11(9-15)8-13(12)19;;;/h10-11H,2-9,15H2,1H3;3*1H/t11-;;;/m0.../s1. The molecule has 3 heterocycles. The smallest absolute Gasteiger partial charge is 0.257 e. The van der Waals surface area contributed by atoms with Gasteiger partial charge in [0.05, 0.1) is 17.5 Å². The molecule has 1 amide bonds. The van der Waals surface area contributed by atoms with E-state index in [4.69, 9.17) is 5.73 Å². The van der Waals surface area contributed by atoms with E-state index in [0.717, 1.165) is 56.8 Å². The first-order chi connectivity index (χ1) is 9.69. The lowest BCUT2D eigenvalue weighted by Crippen LogP contribution is -2.47. The fraction of sp³-hybridized carbons (Fsp3) is 0.714. The molecule has 9 heteroatoms. The lowest BCUT2D eigenvalue weighted by molar-refractivity contribution is 0.0662. The number of hydrogen-bond acceptors (Lipinski definition) is 4. The van der Waals surface area contributed by atoms with Gasteiger partial charge in [0, 0.05) is 32.7 Å². The van der Waals surface area contributed by atoms with Crippen LogP contribution in [-0.4, -0.2) is 65.3 Å². The summed E-state index contributed by atoms with van der Waals surface area (Å²) in [7, 11) is 2.09. The highest BCUT2D eigenvalue weighted by Gasteiger charge is 2.28. The van der Waals surface area contributed by atoms with Gasteiger partial charge in [0.2, 0.25) is 0 Å². The minimum absolute atomic E-state index is 0. The number of halogens is 3. The van der Waals surface area contributed by atoms with E-state index in [9.17, 15) is 4.79 Å². The average Bonchev–Trinajstić information content (AvgIpc) is 2.90. The Morgan fingerprint density at radius 2 is 1.87 bits per heavy atom. The number of rotatable bonds is 2. The van der Waals surface area contributed by atoms with Gasteiger partial charge in [-0.05, 0) is 32.4 Å². The summed E-state index contributed by atoms with van der Waals surface area (Å²) in [6.45, 7) is 5.07. The number of nitrogens with two attached hydrogens (primary N) is 1. The number of likely N-dealkylation sites (N-methyl/N-ethyl adjacent to an activating group) is 1. The van der Waals surface area contributed by atoms with E-state index in [1.165, 1.54) is 0 Å². The Morgan fingerprint density at radius 1 is 1.22 bits per heavy atom. The number of carbonyl (C=O) groups excluding carboxylic acids is 1. The summed E-state index contributed by atoms with van der Waals surface area (Å²) in [5.74, 6) is 0.621. The largest absolute Gasteiger partial charge is 0.336 e. The molecular weight excluding hydrogens is 361 g/mol. The van der Waals surface area contributed by atoms with Gasteiger partial charge < -0.3 is 15.5 Å². The molecule has 0 saturated carbocycles. The summed E-state index contributed by atoms with van der Waals surface area (Å²) in [6, 6.07) is 0. The van der Waals surface area contributed by atoms with Gasteiger partial charge in [0.25, 0.3) is 5.91 Å². The maximum atomic E-state index is 12.7. The van der Waals surface area contributed by atoms with Crippen molar-refractivity contribution in [2.45, 2.75) is 19.4 Å². The Hall–Kier alpha value is -0.530. The Morgan fingerprint density at radius 3 is 2.48 bits per heavy atom. The van der Waals surface area contributed by atoms with Gasteiger partial charge in [-0.25, -0.2) is 0 Å². The molecule has 0 bridgehead atoms. The van der Waals surface area contributed by atoms with Gasteiger partial charge in [-0.15, -0.1) is 37.2 Å². The predicted molar refractivity (Wildman–Crippen MR) is 98.2 cm³/mol. The third-order valence-electron chi connectivity index (χ3n) is 4.53. The van der Waals surface area contributed by atoms with Crippen LogP contribution in [0.5, 0.6) is 0 Å². The number of fused-ring (bicyclic) bond motifs is 1. The number of aryl methyl sites for hydroxylation is 1. The van der Waals surface area contributed by atoms with Crippen LogP contribution < -0.4 is 5.73 Å². The summed E-state index contributed by atoms with van der Waals surface area (Å²) in [5, 5.41) is 4.37. The van der Waals surface area contributed by atoms with Crippen molar-refractivity contribution in [2.24, 2.45) is 11.7 Å². The molecule has 2 aliphatic rings. The SMILES string of the molecule is CN1CCN(C(=O)c2cnn3c2C[C@@H](CN)CC3)CC1.Cl.Cl.Cl. The second kappa shape index (κ2) is 9.69. The first-order valence-corrected chi connectivity index (χ1v) is 7.41. The van der Waals surface area contributed by atoms with Crippen LogP contribution in [0.1, 0.15) is 22.5 Å². The van der Waals surface area contributed by atoms with Gasteiger partial charge >= 0.3 is 0 Å². The minimum Gasteiger partial charge on any atom is -0.336 e. The molecular formula is C14H26Cl3N5O. The topological polar surface area (TPSA) is 67.4 Å². The Balaban J connectivity index is 0.00000161. The van der Waals surface area contributed by atoms with Crippen molar-refractivity contribution in [1.82, 2.24) is 19.6 Å². The molecule has 0 radical (unpaired) electrons. The first-order valence-electron chi connectivity index (χ1n) is 7.41. The molecule has 134 valence electrons. The molecule has 0 aromatic carbocycles. The number of nitrogens with zero attached hydrogens (tertiary/aromatic N) is 4. The van der Waals surface area contributed by atoms with Crippen molar-refractivity contribution < 1.29 is 4.79 Å². The molecule has 1 fully saturated rings. The van der Waals surface area contributed by atoms with Crippen LogP contribution in [0.3, 0.4) is 0 Å². The van der Waals surface area contributed by atoms with Gasteiger partial charge in [-0.2, -0.15) is 5.10 Å². The molecule has 3 rings (SSSR count). The normalized spacial score (nSPS) is 20.6. The molecule has 1 aromatic rings. The minimum atomic E-state index is 0. The van der Waals surface area contributed by atoms with Crippen molar-refractivity contribution in [3.8, 4) is 0 Å². The molecule has 0 unspecified atom stereocenters. The van der Waals surface area contributed by atoms with E-state index in [1.807, 2.05) is 9.58 Å². The number of amides is 1. The highest BCUT2D eigenvalue weighted by Crippen LogP contribution is 2.23. The van der Waals surface area contributed by atoms with Gasteiger partial charge in [-0.3, -0.25) is 9.48 Å². The van der Waals surface area contributed by atoms with Crippen LogP contribution in [0.4, 0.5) is 0 Å². The maximum Gasteiger partial charge on any atom is 0.257 e. The third kappa shape index (κ3) is 4.73. The predicted octanol–water partition coefficient (Wildman–Crippen LogP) is 1.06. The molecule has 6 nitrogen and oxygen atoms in total. The van der Waals surface area contributed by atoms with Crippen molar-refractivity contribution in [3.63, 3.8) is 0 Å². The second-order valence-electron chi connectivity index (χ2n) is 5.92. The van der Waals surface area contributed by atoms with Gasteiger partial charge in [0.15, 0.2) is 0 Å². The molecule has 23 heavy (non-hydrogen) atoms. The van der Waals surface area contributed by atoms with E-state index < -0.39 is 0 Å². The number of hydrogen-bond donors (Lipinski definition) is 1. The molecule has 2 N–H and O–H groups in total. The second-order valence-corrected chi connectivity index (χ2v) is 5.92. The van der Waals surface area contributed by atoms with Crippen LogP contribution in [0.25, 0.3) is 0 Å². The van der Waals surface area contributed by atoms with E-state index >= 15 is 0 Å².